The highest BCUT2D eigenvalue weighted by atomic mass is 32.2. The Hall–Kier alpha value is -2.78. The van der Waals surface area contributed by atoms with Gasteiger partial charge in [0.1, 0.15) is 5.75 Å². The summed E-state index contributed by atoms with van der Waals surface area (Å²) in [5.74, 6) is 1.02. The van der Waals surface area contributed by atoms with Crippen molar-refractivity contribution >= 4 is 21.6 Å². The van der Waals surface area contributed by atoms with Crippen molar-refractivity contribution in [3.63, 3.8) is 0 Å². The van der Waals surface area contributed by atoms with Crippen LogP contribution in [0.1, 0.15) is 50.4 Å². The number of rotatable bonds is 10. The van der Waals surface area contributed by atoms with Gasteiger partial charge in [-0.15, -0.1) is 0 Å². The van der Waals surface area contributed by atoms with Gasteiger partial charge in [-0.2, -0.15) is 4.31 Å². The maximum atomic E-state index is 13.1. The van der Waals surface area contributed by atoms with E-state index < -0.39 is 15.9 Å². The Labute approximate surface area is 195 Å². The third-order valence-electron chi connectivity index (χ3n) is 5.26. The zero-order valence-corrected chi connectivity index (χ0v) is 20.2. The number of carbonyl (C=O) groups is 1. The van der Waals surface area contributed by atoms with Gasteiger partial charge in [-0.25, -0.2) is 8.42 Å². The predicted molar refractivity (Wildman–Crippen MR) is 127 cm³/mol. The Balaban J connectivity index is 1.90. The molecule has 2 aromatic rings. The molecule has 0 unspecified atom stereocenters. The van der Waals surface area contributed by atoms with Crippen molar-refractivity contribution in [2.75, 3.05) is 38.2 Å². The molecule has 1 fully saturated rings. The van der Waals surface area contributed by atoms with Crippen molar-refractivity contribution in [3.8, 4) is 17.2 Å². The number of hydrogen-bond acceptors (Lipinski definition) is 6. The topological polar surface area (TPSA) is 94.2 Å². The van der Waals surface area contributed by atoms with E-state index in [0.29, 0.717) is 61.4 Å². The molecule has 3 rings (SSSR count). The smallest absolute Gasteiger partial charge is 0.255 e. The summed E-state index contributed by atoms with van der Waals surface area (Å²) in [7, 11) is -3.65. The van der Waals surface area contributed by atoms with Gasteiger partial charge in [0, 0.05) is 18.7 Å². The first-order chi connectivity index (χ1) is 15.9. The second kappa shape index (κ2) is 11.4. The van der Waals surface area contributed by atoms with E-state index in [1.54, 1.807) is 24.3 Å². The van der Waals surface area contributed by atoms with Crippen molar-refractivity contribution < 1.29 is 27.4 Å². The van der Waals surface area contributed by atoms with Crippen molar-refractivity contribution in [1.29, 1.82) is 0 Å². The van der Waals surface area contributed by atoms with Gasteiger partial charge in [0.25, 0.3) is 5.91 Å². The fourth-order valence-corrected chi connectivity index (χ4v) is 5.23. The Morgan fingerprint density at radius 3 is 2.12 bits per heavy atom. The Kier molecular flexibility index (Phi) is 8.57. The number of nitrogens with one attached hydrogen (secondary N) is 1. The van der Waals surface area contributed by atoms with E-state index >= 15 is 0 Å². The van der Waals surface area contributed by atoms with Crippen LogP contribution in [0.25, 0.3) is 0 Å². The minimum Gasteiger partial charge on any atom is -0.492 e. The van der Waals surface area contributed by atoms with E-state index in [1.807, 2.05) is 20.8 Å². The molecular weight excluding hydrogens is 444 g/mol. The molecule has 0 bridgehead atoms. The zero-order chi connectivity index (χ0) is 23.8. The summed E-state index contributed by atoms with van der Waals surface area (Å²) in [5.41, 5.74) is 0.653. The van der Waals surface area contributed by atoms with Crippen LogP contribution in [0.5, 0.6) is 17.2 Å². The van der Waals surface area contributed by atoms with Gasteiger partial charge in [0.15, 0.2) is 11.5 Å². The Morgan fingerprint density at radius 1 is 0.848 bits per heavy atom. The van der Waals surface area contributed by atoms with Crippen molar-refractivity contribution in [1.82, 2.24) is 4.31 Å². The second-order valence-electron chi connectivity index (χ2n) is 7.54. The van der Waals surface area contributed by atoms with Crippen LogP contribution in [0, 0.1) is 0 Å². The molecule has 180 valence electrons. The summed E-state index contributed by atoms with van der Waals surface area (Å²) in [6.45, 7) is 7.83. The molecule has 1 aliphatic rings. The second-order valence-corrected chi connectivity index (χ2v) is 9.48. The van der Waals surface area contributed by atoms with Gasteiger partial charge in [-0.05, 0) is 70.0 Å². The normalized spacial score (nSPS) is 14.5. The predicted octanol–water partition coefficient (Wildman–Crippen LogP) is 4.31. The Bertz CT molecular complexity index is 1060. The van der Waals surface area contributed by atoms with Crippen LogP contribution >= 0.6 is 0 Å². The summed E-state index contributed by atoms with van der Waals surface area (Å²) in [6, 6.07) is 9.50. The highest BCUT2D eigenvalue weighted by Crippen LogP contribution is 2.32. The molecule has 1 saturated heterocycles. The van der Waals surface area contributed by atoms with E-state index in [9.17, 15) is 13.2 Å². The SMILES string of the molecule is CCOc1ccc(S(=O)(=O)N2CCCCC2)cc1NC(=O)c1ccc(OCC)c(OCC)c1. The van der Waals surface area contributed by atoms with E-state index in [1.165, 1.54) is 16.4 Å². The van der Waals surface area contributed by atoms with Gasteiger partial charge >= 0.3 is 0 Å². The molecule has 1 aliphatic heterocycles. The van der Waals surface area contributed by atoms with E-state index in [0.717, 1.165) is 19.3 Å². The molecule has 0 spiro atoms. The highest BCUT2D eigenvalue weighted by molar-refractivity contribution is 7.89. The maximum absolute atomic E-state index is 13.1. The van der Waals surface area contributed by atoms with Crippen LogP contribution in [0.15, 0.2) is 41.3 Å². The molecule has 8 nitrogen and oxygen atoms in total. The number of carbonyl (C=O) groups excluding carboxylic acids is 1. The number of anilines is 1. The molecule has 0 saturated carbocycles. The molecule has 1 amide bonds. The van der Waals surface area contributed by atoms with E-state index in [-0.39, 0.29) is 4.90 Å². The van der Waals surface area contributed by atoms with E-state index in [4.69, 9.17) is 14.2 Å². The van der Waals surface area contributed by atoms with Crippen LogP contribution in [0.3, 0.4) is 0 Å². The molecule has 9 heteroatoms. The van der Waals surface area contributed by atoms with Crippen LogP contribution in [-0.2, 0) is 10.0 Å². The first-order valence-corrected chi connectivity index (χ1v) is 12.8. The molecule has 1 heterocycles. The number of sulfonamides is 1. The van der Waals surface area contributed by atoms with Crippen molar-refractivity contribution in [3.05, 3.63) is 42.0 Å². The summed E-state index contributed by atoms with van der Waals surface area (Å²) < 4.78 is 44.5. The van der Waals surface area contributed by atoms with Crippen LogP contribution in [0.4, 0.5) is 5.69 Å². The molecule has 0 aromatic heterocycles. The van der Waals surface area contributed by atoms with Gasteiger partial charge in [0.05, 0.1) is 30.4 Å². The summed E-state index contributed by atoms with van der Waals surface area (Å²) >= 11 is 0. The monoisotopic (exact) mass is 476 g/mol. The molecule has 0 radical (unpaired) electrons. The lowest BCUT2D eigenvalue weighted by Gasteiger charge is -2.26. The van der Waals surface area contributed by atoms with Crippen LogP contribution in [-0.4, -0.2) is 51.5 Å². The number of nitrogens with zero attached hydrogens (tertiary/aromatic N) is 1. The average Bonchev–Trinajstić information content (AvgIpc) is 2.82. The largest absolute Gasteiger partial charge is 0.492 e. The number of benzene rings is 2. The third-order valence-corrected chi connectivity index (χ3v) is 7.15. The average molecular weight is 477 g/mol. The van der Waals surface area contributed by atoms with Gasteiger partial charge in [-0.3, -0.25) is 4.79 Å². The number of hydrogen-bond donors (Lipinski definition) is 1. The number of ether oxygens (including phenoxy) is 3. The Morgan fingerprint density at radius 2 is 1.45 bits per heavy atom. The quantitative estimate of drug-likeness (QED) is 0.549. The lowest BCUT2D eigenvalue weighted by molar-refractivity contribution is 0.102. The van der Waals surface area contributed by atoms with Crippen LogP contribution in [0.2, 0.25) is 0 Å². The standard InChI is InChI=1S/C24H32N2O6S/c1-4-30-21-13-11-19(33(28,29)26-14-8-7-9-15-26)17-20(21)25-24(27)18-10-12-22(31-5-2)23(16-18)32-6-3/h10-13,16-17H,4-9,14-15H2,1-3H3,(H,25,27). The third kappa shape index (κ3) is 5.97. The molecule has 2 aromatic carbocycles. The van der Waals surface area contributed by atoms with Crippen molar-refractivity contribution in [2.24, 2.45) is 0 Å². The van der Waals surface area contributed by atoms with Gasteiger partial charge in [-0.1, -0.05) is 6.42 Å². The highest BCUT2D eigenvalue weighted by Gasteiger charge is 2.27. The molecular formula is C24H32N2O6S. The fraction of sp³-hybridized carbons (Fsp3) is 0.458. The first-order valence-electron chi connectivity index (χ1n) is 11.4. The maximum Gasteiger partial charge on any atom is 0.255 e. The van der Waals surface area contributed by atoms with Gasteiger partial charge in [0.2, 0.25) is 10.0 Å². The molecule has 33 heavy (non-hydrogen) atoms. The lowest BCUT2D eigenvalue weighted by Crippen LogP contribution is -2.35. The van der Waals surface area contributed by atoms with Gasteiger partial charge < -0.3 is 19.5 Å². The lowest BCUT2D eigenvalue weighted by atomic mass is 10.1. The number of piperidine rings is 1. The summed E-state index contributed by atoms with van der Waals surface area (Å²) in [5, 5.41) is 2.80. The first kappa shape index (κ1) is 24.9. The minimum atomic E-state index is -3.65. The van der Waals surface area contributed by atoms with Crippen LogP contribution < -0.4 is 19.5 Å². The van der Waals surface area contributed by atoms with Crippen molar-refractivity contribution in [2.45, 2.75) is 44.9 Å². The molecule has 0 atom stereocenters. The zero-order valence-electron chi connectivity index (χ0n) is 19.4. The summed E-state index contributed by atoms with van der Waals surface area (Å²) in [6.07, 6.45) is 2.72. The fourth-order valence-electron chi connectivity index (χ4n) is 3.69. The number of amides is 1. The molecule has 0 aliphatic carbocycles. The molecule has 1 N–H and O–H groups in total. The minimum absolute atomic E-state index is 0.129. The summed E-state index contributed by atoms with van der Waals surface area (Å²) in [4.78, 5) is 13.2. The van der Waals surface area contributed by atoms with E-state index in [2.05, 4.69) is 5.32 Å².